The smallest absolute Gasteiger partial charge is 0.0534 e. The van der Waals surface area contributed by atoms with Crippen molar-refractivity contribution in [1.82, 2.24) is 15.1 Å². The highest BCUT2D eigenvalue weighted by Crippen LogP contribution is 2.08. The molecule has 5 heteroatoms. The highest BCUT2D eigenvalue weighted by Gasteiger charge is 1.98. The van der Waals surface area contributed by atoms with Crippen molar-refractivity contribution >= 4 is 23.7 Å². The number of nitrogens with zero attached hydrogens (tertiary/aromatic N) is 2. The third kappa shape index (κ3) is 4.50. The van der Waals surface area contributed by atoms with Crippen LogP contribution in [-0.4, -0.2) is 9.78 Å². The monoisotopic (exact) mass is 271 g/mol. The van der Waals surface area contributed by atoms with Gasteiger partial charge >= 0.3 is 0 Å². The summed E-state index contributed by atoms with van der Waals surface area (Å²) >= 11 is 1.79. The number of aryl methyl sites for hydroxylation is 1. The van der Waals surface area contributed by atoms with Gasteiger partial charge < -0.3 is 5.32 Å². The summed E-state index contributed by atoms with van der Waals surface area (Å²) in [6.45, 7) is 5.00. The molecule has 0 bridgehead atoms. The summed E-state index contributed by atoms with van der Waals surface area (Å²) in [6, 6.07) is 4.24. The molecule has 3 nitrogen and oxygen atoms in total. The lowest BCUT2D eigenvalue weighted by Crippen LogP contribution is -2.11. The van der Waals surface area contributed by atoms with Gasteiger partial charge in [0.25, 0.3) is 0 Å². The van der Waals surface area contributed by atoms with Gasteiger partial charge in [0.05, 0.1) is 6.20 Å². The molecule has 2 aromatic rings. The molecule has 0 aromatic carbocycles. The number of rotatable bonds is 6. The van der Waals surface area contributed by atoms with Crippen LogP contribution in [0.3, 0.4) is 0 Å². The van der Waals surface area contributed by atoms with Crippen LogP contribution in [0.2, 0.25) is 0 Å². The summed E-state index contributed by atoms with van der Waals surface area (Å²) in [7, 11) is 0. The van der Waals surface area contributed by atoms with E-state index in [0.29, 0.717) is 0 Å². The van der Waals surface area contributed by atoms with Crippen LogP contribution in [0.25, 0.3) is 0 Å². The zero-order valence-corrected chi connectivity index (χ0v) is 11.6. The summed E-state index contributed by atoms with van der Waals surface area (Å²) < 4.78 is 2.00. The Hall–Kier alpha value is -0.840. The Balaban J connectivity index is 0.00000144. The molecule has 94 valence electrons. The predicted octanol–water partition coefficient (Wildman–Crippen LogP) is 3.07. The fourth-order valence-corrected chi connectivity index (χ4v) is 2.27. The Morgan fingerprint density at radius 3 is 3.00 bits per heavy atom. The lowest BCUT2D eigenvalue weighted by molar-refractivity contribution is 0.601. The van der Waals surface area contributed by atoms with E-state index in [1.54, 1.807) is 11.3 Å². The van der Waals surface area contributed by atoms with Crippen molar-refractivity contribution in [2.45, 2.75) is 33.0 Å². The third-order valence-corrected chi connectivity index (χ3v) is 3.22. The molecule has 0 unspecified atom stereocenters. The van der Waals surface area contributed by atoms with Gasteiger partial charge in [0.1, 0.15) is 0 Å². The maximum absolute atomic E-state index is 4.30. The van der Waals surface area contributed by atoms with Crippen molar-refractivity contribution in [2.24, 2.45) is 0 Å². The molecule has 0 radical (unpaired) electrons. The maximum atomic E-state index is 4.30. The lowest BCUT2D eigenvalue weighted by Gasteiger charge is -2.00. The molecule has 1 N–H and O–H groups in total. The molecule has 2 rings (SSSR count). The molecule has 0 aliphatic heterocycles. The van der Waals surface area contributed by atoms with Gasteiger partial charge in [-0.25, -0.2) is 0 Å². The quantitative estimate of drug-likeness (QED) is 0.875. The van der Waals surface area contributed by atoms with Gasteiger partial charge in [0.2, 0.25) is 0 Å². The SMILES string of the molecule is CCCn1cc(CNCc2cccs2)cn1.Cl. The topological polar surface area (TPSA) is 29.9 Å². The zero-order valence-electron chi connectivity index (χ0n) is 9.93. The standard InChI is InChI=1S/C12H17N3S.ClH/c1-2-5-15-10-11(8-14-15)7-13-9-12-4-3-6-16-12;/h3-4,6,8,10,13H,2,5,7,9H2,1H3;1H. The fraction of sp³-hybridized carbons (Fsp3) is 0.417. The van der Waals surface area contributed by atoms with E-state index in [9.17, 15) is 0 Å². The molecule has 0 amide bonds. The third-order valence-electron chi connectivity index (χ3n) is 2.35. The van der Waals surface area contributed by atoms with E-state index >= 15 is 0 Å². The van der Waals surface area contributed by atoms with Crippen molar-refractivity contribution < 1.29 is 0 Å². The molecule has 0 saturated carbocycles. The van der Waals surface area contributed by atoms with Gasteiger partial charge in [-0.2, -0.15) is 5.10 Å². The van der Waals surface area contributed by atoms with E-state index in [0.717, 1.165) is 26.1 Å². The maximum Gasteiger partial charge on any atom is 0.0534 e. The minimum absolute atomic E-state index is 0. The van der Waals surface area contributed by atoms with Crippen molar-refractivity contribution in [3.8, 4) is 0 Å². The Kier molecular flexibility index (Phi) is 6.26. The fourth-order valence-electron chi connectivity index (χ4n) is 1.59. The van der Waals surface area contributed by atoms with Crippen LogP contribution >= 0.6 is 23.7 Å². The van der Waals surface area contributed by atoms with Crippen molar-refractivity contribution in [2.75, 3.05) is 0 Å². The van der Waals surface area contributed by atoms with Crippen LogP contribution in [0.5, 0.6) is 0 Å². The van der Waals surface area contributed by atoms with E-state index < -0.39 is 0 Å². The molecule has 0 aliphatic rings. The lowest BCUT2D eigenvalue weighted by atomic mass is 10.3. The minimum Gasteiger partial charge on any atom is -0.308 e. The van der Waals surface area contributed by atoms with Crippen LogP contribution in [0.1, 0.15) is 23.8 Å². The Morgan fingerprint density at radius 2 is 2.29 bits per heavy atom. The van der Waals surface area contributed by atoms with Gasteiger partial charge in [-0.05, 0) is 17.9 Å². The first kappa shape index (κ1) is 14.2. The number of nitrogens with one attached hydrogen (secondary N) is 1. The largest absolute Gasteiger partial charge is 0.308 e. The van der Waals surface area contributed by atoms with Crippen LogP contribution < -0.4 is 5.32 Å². The molecular formula is C12H18ClN3S. The van der Waals surface area contributed by atoms with Crippen molar-refractivity contribution in [3.63, 3.8) is 0 Å². The molecule has 2 aromatic heterocycles. The Bertz CT molecular complexity index is 411. The highest BCUT2D eigenvalue weighted by atomic mass is 35.5. The molecule has 2 heterocycles. The van der Waals surface area contributed by atoms with E-state index in [-0.39, 0.29) is 12.4 Å². The van der Waals surface area contributed by atoms with E-state index in [1.807, 2.05) is 10.9 Å². The summed E-state index contributed by atoms with van der Waals surface area (Å²) in [5.74, 6) is 0. The second kappa shape index (κ2) is 7.48. The summed E-state index contributed by atoms with van der Waals surface area (Å²) in [5, 5.41) is 9.82. The van der Waals surface area contributed by atoms with Crippen molar-refractivity contribution in [1.29, 1.82) is 0 Å². The summed E-state index contributed by atoms with van der Waals surface area (Å²) in [4.78, 5) is 1.38. The van der Waals surface area contributed by atoms with Crippen LogP contribution in [-0.2, 0) is 19.6 Å². The molecule has 0 spiro atoms. The first-order valence-electron chi connectivity index (χ1n) is 5.63. The van der Waals surface area contributed by atoms with Gasteiger partial charge in [0.15, 0.2) is 0 Å². The second-order valence-corrected chi connectivity index (χ2v) is 4.83. The Labute approximate surface area is 112 Å². The van der Waals surface area contributed by atoms with Gasteiger partial charge in [0, 0.05) is 36.3 Å². The molecule has 0 fully saturated rings. The molecule has 17 heavy (non-hydrogen) atoms. The number of aromatic nitrogens is 2. The minimum atomic E-state index is 0. The number of hydrogen-bond donors (Lipinski definition) is 1. The molecular weight excluding hydrogens is 254 g/mol. The van der Waals surface area contributed by atoms with Gasteiger partial charge in [-0.3, -0.25) is 4.68 Å². The summed E-state index contributed by atoms with van der Waals surface area (Å²) in [6.07, 6.45) is 5.19. The van der Waals surface area contributed by atoms with E-state index in [2.05, 4.69) is 41.0 Å². The van der Waals surface area contributed by atoms with E-state index in [4.69, 9.17) is 0 Å². The average Bonchev–Trinajstić information content (AvgIpc) is 2.90. The normalized spacial score (nSPS) is 10.2. The number of thiophene rings is 1. The zero-order chi connectivity index (χ0) is 11.2. The van der Waals surface area contributed by atoms with Crippen LogP contribution in [0.4, 0.5) is 0 Å². The number of halogens is 1. The second-order valence-electron chi connectivity index (χ2n) is 3.79. The number of hydrogen-bond acceptors (Lipinski definition) is 3. The van der Waals surface area contributed by atoms with Gasteiger partial charge in [-0.1, -0.05) is 13.0 Å². The average molecular weight is 272 g/mol. The van der Waals surface area contributed by atoms with Gasteiger partial charge in [-0.15, -0.1) is 23.7 Å². The molecule has 0 atom stereocenters. The molecule has 0 aliphatic carbocycles. The highest BCUT2D eigenvalue weighted by molar-refractivity contribution is 7.09. The van der Waals surface area contributed by atoms with Crippen LogP contribution in [0.15, 0.2) is 29.9 Å². The first-order valence-corrected chi connectivity index (χ1v) is 6.51. The summed E-state index contributed by atoms with van der Waals surface area (Å²) in [5.41, 5.74) is 1.25. The van der Waals surface area contributed by atoms with E-state index in [1.165, 1.54) is 10.4 Å². The van der Waals surface area contributed by atoms with Crippen molar-refractivity contribution in [3.05, 3.63) is 40.3 Å². The first-order chi connectivity index (χ1) is 7.88. The molecule has 0 saturated heterocycles. The predicted molar refractivity (Wildman–Crippen MR) is 74.6 cm³/mol. The Morgan fingerprint density at radius 1 is 1.41 bits per heavy atom. The van der Waals surface area contributed by atoms with Crippen LogP contribution in [0, 0.1) is 0 Å².